The van der Waals surface area contributed by atoms with E-state index in [1.54, 1.807) is 0 Å². The standard InChI is InChI=1S/C11H17N3.ClH/c1-2-6-10(14-11(12)13)9-7-4-3-5-8-9;/h3-5,7-8,10H,2,6H2,1H3,(H4,12,13,14);1H. The molecule has 0 spiro atoms. The Bertz CT molecular complexity index is 294. The number of benzene rings is 1. The monoisotopic (exact) mass is 227 g/mol. The van der Waals surface area contributed by atoms with Gasteiger partial charge in [-0.25, -0.2) is 4.99 Å². The number of hydrogen-bond donors (Lipinski definition) is 2. The first-order chi connectivity index (χ1) is 6.74. The SMILES string of the molecule is CCCC(N=C(N)N)c1ccccc1.Cl. The van der Waals surface area contributed by atoms with Gasteiger partial charge in [0.2, 0.25) is 0 Å². The zero-order valence-electron chi connectivity index (χ0n) is 8.89. The molecule has 0 aliphatic rings. The molecule has 0 saturated carbocycles. The van der Waals surface area contributed by atoms with E-state index in [-0.39, 0.29) is 24.4 Å². The first-order valence-corrected chi connectivity index (χ1v) is 4.87. The maximum absolute atomic E-state index is 5.39. The normalized spacial score (nSPS) is 11.3. The number of halogens is 1. The summed E-state index contributed by atoms with van der Waals surface area (Å²) < 4.78 is 0. The number of rotatable bonds is 4. The van der Waals surface area contributed by atoms with Gasteiger partial charge in [0.25, 0.3) is 0 Å². The van der Waals surface area contributed by atoms with Crippen molar-refractivity contribution in [3.63, 3.8) is 0 Å². The second-order valence-corrected chi connectivity index (χ2v) is 3.27. The minimum absolute atomic E-state index is 0. The molecule has 0 bridgehead atoms. The topological polar surface area (TPSA) is 64.4 Å². The van der Waals surface area contributed by atoms with Crippen molar-refractivity contribution < 1.29 is 0 Å². The predicted octanol–water partition coefficient (Wildman–Crippen LogP) is 2.22. The molecule has 1 aromatic carbocycles. The lowest BCUT2D eigenvalue weighted by atomic mass is 10.0. The first-order valence-electron chi connectivity index (χ1n) is 4.87. The Balaban J connectivity index is 0.00000196. The highest BCUT2D eigenvalue weighted by molar-refractivity contribution is 5.85. The summed E-state index contributed by atoms with van der Waals surface area (Å²) >= 11 is 0. The van der Waals surface area contributed by atoms with E-state index in [2.05, 4.69) is 11.9 Å². The molecule has 0 amide bonds. The smallest absolute Gasteiger partial charge is 0.186 e. The maximum atomic E-state index is 5.39. The number of aliphatic imine (C=N–C) groups is 1. The lowest BCUT2D eigenvalue weighted by Crippen LogP contribution is -2.23. The summed E-state index contributed by atoms with van der Waals surface area (Å²) in [7, 11) is 0. The van der Waals surface area contributed by atoms with Crippen LogP contribution < -0.4 is 11.5 Å². The minimum atomic E-state index is 0. The highest BCUT2D eigenvalue weighted by Crippen LogP contribution is 2.21. The van der Waals surface area contributed by atoms with Gasteiger partial charge in [-0.3, -0.25) is 0 Å². The summed E-state index contributed by atoms with van der Waals surface area (Å²) in [6.45, 7) is 2.12. The molecule has 0 saturated heterocycles. The fraction of sp³-hybridized carbons (Fsp3) is 0.364. The molecule has 1 rings (SSSR count). The van der Waals surface area contributed by atoms with Crippen LogP contribution in [0, 0.1) is 0 Å². The summed E-state index contributed by atoms with van der Waals surface area (Å²) in [5.74, 6) is 0.160. The van der Waals surface area contributed by atoms with Crippen LogP contribution in [-0.4, -0.2) is 5.96 Å². The molecular formula is C11H18ClN3. The Morgan fingerprint density at radius 3 is 2.33 bits per heavy atom. The lowest BCUT2D eigenvalue weighted by Gasteiger charge is -2.11. The Kier molecular flexibility index (Phi) is 6.54. The number of guanidine groups is 1. The van der Waals surface area contributed by atoms with Crippen molar-refractivity contribution in [3.8, 4) is 0 Å². The second kappa shape index (κ2) is 7.12. The second-order valence-electron chi connectivity index (χ2n) is 3.27. The highest BCUT2D eigenvalue weighted by atomic mass is 35.5. The van der Waals surface area contributed by atoms with E-state index >= 15 is 0 Å². The number of nitrogens with zero attached hydrogens (tertiary/aromatic N) is 1. The number of nitrogens with two attached hydrogens (primary N) is 2. The van der Waals surface area contributed by atoms with Crippen LogP contribution in [-0.2, 0) is 0 Å². The lowest BCUT2D eigenvalue weighted by molar-refractivity contribution is 0.639. The van der Waals surface area contributed by atoms with Gasteiger partial charge in [-0.1, -0.05) is 43.7 Å². The zero-order valence-corrected chi connectivity index (χ0v) is 9.70. The van der Waals surface area contributed by atoms with Gasteiger partial charge in [0, 0.05) is 0 Å². The fourth-order valence-corrected chi connectivity index (χ4v) is 1.43. The Labute approximate surface area is 97.0 Å². The molecule has 0 radical (unpaired) electrons. The Morgan fingerprint density at radius 1 is 1.27 bits per heavy atom. The molecular weight excluding hydrogens is 210 g/mol. The zero-order chi connectivity index (χ0) is 10.4. The van der Waals surface area contributed by atoms with Crippen molar-refractivity contribution in [2.24, 2.45) is 16.5 Å². The van der Waals surface area contributed by atoms with Crippen LogP contribution >= 0.6 is 12.4 Å². The molecule has 0 fully saturated rings. The fourth-order valence-electron chi connectivity index (χ4n) is 1.43. The third-order valence-electron chi connectivity index (χ3n) is 2.05. The summed E-state index contributed by atoms with van der Waals surface area (Å²) in [5.41, 5.74) is 11.9. The molecule has 1 unspecified atom stereocenters. The van der Waals surface area contributed by atoms with E-state index in [9.17, 15) is 0 Å². The van der Waals surface area contributed by atoms with Crippen LogP contribution in [0.1, 0.15) is 31.4 Å². The largest absolute Gasteiger partial charge is 0.370 e. The molecule has 15 heavy (non-hydrogen) atoms. The van der Waals surface area contributed by atoms with Crippen LogP contribution in [0.5, 0.6) is 0 Å². The van der Waals surface area contributed by atoms with Crippen molar-refractivity contribution >= 4 is 18.4 Å². The maximum Gasteiger partial charge on any atom is 0.186 e. The minimum Gasteiger partial charge on any atom is -0.370 e. The highest BCUT2D eigenvalue weighted by Gasteiger charge is 2.07. The van der Waals surface area contributed by atoms with E-state index < -0.39 is 0 Å². The van der Waals surface area contributed by atoms with Crippen molar-refractivity contribution in [1.82, 2.24) is 0 Å². The Hall–Kier alpha value is -1.22. The van der Waals surface area contributed by atoms with E-state index in [1.165, 1.54) is 5.56 Å². The molecule has 1 atom stereocenters. The van der Waals surface area contributed by atoms with Gasteiger partial charge < -0.3 is 11.5 Å². The van der Waals surface area contributed by atoms with Gasteiger partial charge in [-0.2, -0.15) is 0 Å². The summed E-state index contributed by atoms with van der Waals surface area (Å²) in [4.78, 5) is 4.21. The van der Waals surface area contributed by atoms with Gasteiger partial charge in [0.1, 0.15) is 0 Å². The molecule has 0 aromatic heterocycles. The molecule has 1 aromatic rings. The van der Waals surface area contributed by atoms with Crippen LogP contribution in [0.3, 0.4) is 0 Å². The average Bonchev–Trinajstić information content (AvgIpc) is 2.18. The molecule has 0 heterocycles. The van der Waals surface area contributed by atoms with Crippen molar-refractivity contribution in [2.45, 2.75) is 25.8 Å². The van der Waals surface area contributed by atoms with Crippen LogP contribution in [0.25, 0.3) is 0 Å². The average molecular weight is 228 g/mol. The van der Waals surface area contributed by atoms with Crippen molar-refractivity contribution in [2.75, 3.05) is 0 Å². The molecule has 84 valence electrons. The van der Waals surface area contributed by atoms with E-state index in [0.29, 0.717) is 0 Å². The van der Waals surface area contributed by atoms with Crippen molar-refractivity contribution in [1.29, 1.82) is 0 Å². The van der Waals surface area contributed by atoms with Gasteiger partial charge in [0.05, 0.1) is 6.04 Å². The van der Waals surface area contributed by atoms with Gasteiger partial charge in [-0.05, 0) is 12.0 Å². The molecule has 0 aliphatic heterocycles. The summed E-state index contributed by atoms with van der Waals surface area (Å²) in [6.07, 6.45) is 2.04. The summed E-state index contributed by atoms with van der Waals surface area (Å²) in [5, 5.41) is 0. The van der Waals surface area contributed by atoms with Crippen molar-refractivity contribution in [3.05, 3.63) is 35.9 Å². The third kappa shape index (κ3) is 4.70. The molecule has 4 N–H and O–H groups in total. The predicted molar refractivity (Wildman–Crippen MR) is 67.1 cm³/mol. The van der Waals surface area contributed by atoms with Gasteiger partial charge in [0.15, 0.2) is 5.96 Å². The molecule has 3 nitrogen and oxygen atoms in total. The Morgan fingerprint density at radius 2 is 1.87 bits per heavy atom. The molecule has 4 heteroatoms. The van der Waals surface area contributed by atoms with E-state index in [1.807, 2.05) is 30.3 Å². The quantitative estimate of drug-likeness (QED) is 0.612. The summed E-state index contributed by atoms with van der Waals surface area (Å²) in [6, 6.07) is 10.2. The van der Waals surface area contributed by atoms with E-state index in [4.69, 9.17) is 11.5 Å². The van der Waals surface area contributed by atoms with Crippen LogP contribution in [0.2, 0.25) is 0 Å². The van der Waals surface area contributed by atoms with Gasteiger partial charge >= 0.3 is 0 Å². The van der Waals surface area contributed by atoms with Gasteiger partial charge in [-0.15, -0.1) is 12.4 Å². The van der Waals surface area contributed by atoms with Crippen LogP contribution in [0.4, 0.5) is 0 Å². The first kappa shape index (κ1) is 13.8. The number of hydrogen-bond acceptors (Lipinski definition) is 1. The van der Waals surface area contributed by atoms with E-state index in [0.717, 1.165) is 12.8 Å². The molecule has 0 aliphatic carbocycles. The third-order valence-corrected chi connectivity index (χ3v) is 2.05. The van der Waals surface area contributed by atoms with Crippen LogP contribution in [0.15, 0.2) is 35.3 Å².